The van der Waals surface area contributed by atoms with Gasteiger partial charge in [-0.15, -0.1) is 0 Å². The molecule has 0 saturated heterocycles. The lowest BCUT2D eigenvalue weighted by atomic mass is 10.1. The molecule has 0 heterocycles. The molecule has 2 atom stereocenters. The molecular weight excluding hydrogens is 214 g/mol. The summed E-state index contributed by atoms with van der Waals surface area (Å²) in [5.74, 6) is 0.352. The average molecular weight is 237 g/mol. The highest BCUT2D eigenvalue weighted by atomic mass is 32.2. The van der Waals surface area contributed by atoms with E-state index in [0.29, 0.717) is 19.0 Å². The van der Waals surface area contributed by atoms with Crippen LogP contribution in [0.5, 0.6) is 0 Å². The quantitative estimate of drug-likeness (QED) is 0.720. The minimum absolute atomic E-state index is 0.320. The normalized spacial score (nSPS) is 16.7. The molecular formula is C10H23NO3S. The third kappa shape index (κ3) is 4.09. The molecule has 0 aliphatic carbocycles. The SMILES string of the molecule is CCC(C)CN(CC)S(=O)(=O)C(C)CO. The Labute approximate surface area is 93.3 Å². The Balaban J connectivity index is 4.66. The summed E-state index contributed by atoms with van der Waals surface area (Å²) < 4.78 is 25.3. The molecule has 0 amide bonds. The number of hydrogen-bond acceptors (Lipinski definition) is 3. The topological polar surface area (TPSA) is 57.6 Å². The number of sulfonamides is 1. The smallest absolute Gasteiger partial charge is 0.218 e. The van der Waals surface area contributed by atoms with Gasteiger partial charge >= 0.3 is 0 Å². The lowest BCUT2D eigenvalue weighted by Crippen LogP contribution is -2.41. The number of hydrogen-bond donors (Lipinski definition) is 1. The van der Waals surface area contributed by atoms with Gasteiger partial charge in [0.05, 0.1) is 11.9 Å². The van der Waals surface area contributed by atoms with Crippen molar-refractivity contribution in [1.29, 1.82) is 0 Å². The first-order chi connectivity index (χ1) is 6.89. The molecule has 0 rings (SSSR count). The van der Waals surface area contributed by atoms with E-state index in [2.05, 4.69) is 0 Å². The first-order valence-electron chi connectivity index (χ1n) is 5.49. The van der Waals surface area contributed by atoms with Crippen LogP contribution in [0.2, 0.25) is 0 Å². The predicted octanol–water partition coefficient (Wildman–Crippen LogP) is 1.06. The molecule has 2 unspecified atom stereocenters. The average Bonchev–Trinajstić information content (AvgIpc) is 2.23. The maximum atomic E-state index is 11.9. The molecule has 15 heavy (non-hydrogen) atoms. The first-order valence-corrected chi connectivity index (χ1v) is 7.00. The van der Waals surface area contributed by atoms with Crippen LogP contribution in [0.15, 0.2) is 0 Å². The van der Waals surface area contributed by atoms with E-state index in [0.717, 1.165) is 6.42 Å². The summed E-state index contributed by atoms with van der Waals surface area (Å²) in [5, 5.41) is 8.19. The molecule has 0 fully saturated rings. The second kappa shape index (κ2) is 6.45. The highest BCUT2D eigenvalue weighted by molar-refractivity contribution is 7.89. The zero-order chi connectivity index (χ0) is 12.1. The monoisotopic (exact) mass is 237 g/mol. The van der Waals surface area contributed by atoms with Crippen LogP contribution in [0.4, 0.5) is 0 Å². The Bertz CT molecular complexity index is 264. The number of aliphatic hydroxyl groups is 1. The molecule has 5 heteroatoms. The van der Waals surface area contributed by atoms with Gasteiger partial charge in [-0.25, -0.2) is 12.7 Å². The van der Waals surface area contributed by atoms with Crippen molar-refractivity contribution in [2.45, 2.75) is 39.4 Å². The summed E-state index contributed by atoms with van der Waals surface area (Å²) in [6, 6.07) is 0. The number of aliphatic hydroxyl groups excluding tert-OH is 1. The Hall–Kier alpha value is -0.130. The summed E-state index contributed by atoms with van der Waals surface area (Å²) in [4.78, 5) is 0. The highest BCUT2D eigenvalue weighted by Gasteiger charge is 2.27. The predicted molar refractivity (Wildman–Crippen MR) is 62.2 cm³/mol. The van der Waals surface area contributed by atoms with Crippen LogP contribution >= 0.6 is 0 Å². The Morgan fingerprint density at radius 2 is 1.80 bits per heavy atom. The van der Waals surface area contributed by atoms with Crippen molar-refractivity contribution in [1.82, 2.24) is 4.31 Å². The van der Waals surface area contributed by atoms with Gasteiger partial charge in [-0.2, -0.15) is 0 Å². The minimum atomic E-state index is -3.32. The van der Waals surface area contributed by atoms with Crippen molar-refractivity contribution < 1.29 is 13.5 Å². The van der Waals surface area contributed by atoms with Crippen LogP contribution in [0.1, 0.15) is 34.1 Å². The van der Waals surface area contributed by atoms with Crippen molar-refractivity contribution >= 4 is 10.0 Å². The van der Waals surface area contributed by atoms with Gasteiger partial charge in [-0.3, -0.25) is 0 Å². The fraction of sp³-hybridized carbons (Fsp3) is 1.00. The van der Waals surface area contributed by atoms with E-state index in [-0.39, 0.29) is 6.61 Å². The highest BCUT2D eigenvalue weighted by Crippen LogP contribution is 2.12. The molecule has 0 radical (unpaired) electrons. The molecule has 0 spiro atoms. The van der Waals surface area contributed by atoms with Crippen molar-refractivity contribution in [2.24, 2.45) is 5.92 Å². The second-order valence-electron chi connectivity index (χ2n) is 4.00. The van der Waals surface area contributed by atoms with Crippen molar-refractivity contribution in [3.05, 3.63) is 0 Å². The zero-order valence-corrected chi connectivity index (χ0v) is 10.9. The van der Waals surface area contributed by atoms with Crippen LogP contribution in [0.25, 0.3) is 0 Å². The standard InChI is InChI=1S/C10H23NO3S/c1-5-9(3)7-11(6-2)15(13,14)10(4)8-12/h9-10,12H,5-8H2,1-4H3. The molecule has 92 valence electrons. The van der Waals surface area contributed by atoms with Crippen molar-refractivity contribution in [3.8, 4) is 0 Å². The summed E-state index contributed by atoms with van der Waals surface area (Å²) in [5.41, 5.74) is 0. The molecule has 0 aromatic rings. The van der Waals surface area contributed by atoms with Gasteiger partial charge in [-0.1, -0.05) is 27.2 Å². The van der Waals surface area contributed by atoms with E-state index < -0.39 is 15.3 Å². The lowest BCUT2D eigenvalue weighted by Gasteiger charge is -2.25. The van der Waals surface area contributed by atoms with Gasteiger partial charge in [0.25, 0.3) is 0 Å². The van der Waals surface area contributed by atoms with Crippen molar-refractivity contribution in [2.75, 3.05) is 19.7 Å². The largest absolute Gasteiger partial charge is 0.395 e. The van der Waals surface area contributed by atoms with Gasteiger partial charge < -0.3 is 5.11 Å². The van der Waals surface area contributed by atoms with Gasteiger partial charge in [0, 0.05) is 13.1 Å². The molecule has 4 nitrogen and oxygen atoms in total. The van der Waals surface area contributed by atoms with Crippen molar-refractivity contribution in [3.63, 3.8) is 0 Å². The molecule has 1 N–H and O–H groups in total. The lowest BCUT2D eigenvalue weighted by molar-refractivity contribution is 0.285. The van der Waals surface area contributed by atoms with Gasteiger partial charge in [0.15, 0.2) is 0 Å². The molecule has 0 aromatic heterocycles. The van der Waals surface area contributed by atoms with Crippen LogP contribution in [-0.4, -0.2) is 42.8 Å². The third-order valence-electron chi connectivity index (χ3n) is 2.69. The molecule has 0 bridgehead atoms. The maximum Gasteiger partial charge on any atom is 0.218 e. The summed E-state index contributed by atoms with van der Waals surface area (Å²) >= 11 is 0. The molecule has 0 aliphatic heterocycles. The van der Waals surface area contributed by atoms with E-state index in [1.165, 1.54) is 11.2 Å². The van der Waals surface area contributed by atoms with Crippen LogP contribution in [0, 0.1) is 5.92 Å². The van der Waals surface area contributed by atoms with Gasteiger partial charge in [0.1, 0.15) is 0 Å². The summed E-state index contributed by atoms with van der Waals surface area (Å²) in [6.07, 6.45) is 0.958. The van der Waals surface area contributed by atoms with Gasteiger partial charge in [0.2, 0.25) is 10.0 Å². The number of nitrogens with zero attached hydrogens (tertiary/aromatic N) is 1. The minimum Gasteiger partial charge on any atom is -0.395 e. The first kappa shape index (κ1) is 14.9. The molecule has 0 aromatic carbocycles. The fourth-order valence-electron chi connectivity index (χ4n) is 1.24. The molecule has 0 aliphatic rings. The Kier molecular flexibility index (Phi) is 6.40. The van der Waals surface area contributed by atoms with E-state index in [1.807, 2.05) is 20.8 Å². The van der Waals surface area contributed by atoms with E-state index in [1.54, 1.807) is 0 Å². The van der Waals surface area contributed by atoms with Gasteiger partial charge in [-0.05, 0) is 12.8 Å². The van der Waals surface area contributed by atoms with Crippen LogP contribution in [0.3, 0.4) is 0 Å². The van der Waals surface area contributed by atoms with Crippen LogP contribution < -0.4 is 0 Å². The summed E-state index contributed by atoms with van der Waals surface area (Å²) in [7, 11) is -3.32. The van der Waals surface area contributed by atoms with E-state index in [9.17, 15) is 8.42 Å². The number of rotatable bonds is 7. The maximum absolute atomic E-state index is 11.9. The Morgan fingerprint density at radius 3 is 2.13 bits per heavy atom. The fourth-order valence-corrected chi connectivity index (χ4v) is 2.76. The van der Waals surface area contributed by atoms with Crippen LogP contribution in [-0.2, 0) is 10.0 Å². The second-order valence-corrected chi connectivity index (χ2v) is 6.35. The summed E-state index contributed by atoms with van der Waals surface area (Å²) in [6.45, 7) is 8.12. The van der Waals surface area contributed by atoms with E-state index in [4.69, 9.17) is 5.11 Å². The third-order valence-corrected chi connectivity index (χ3v) is 4.98. The van der Waals surface area contributed by atoms with E-state index >= 15 is 0 Å². The molecule has 0 saturated carbocycles. The zero-order valence-electron chi connectivity index (χ0n) is 10.1. The Morgan fingerprint density at radius 1 is 1.27 bits per heavy atom.